The molecule has 1 fully saturated rings. The summed E-state index contributed by atoms with van der Waals surface area (Å²) in [6, 6.07) is 6.71. The second-order valence-corrected chi connectivity index (χ2v) is 5.80. The van der Waals surface area contributed by atoms with Crippen LogP contribution in [-0.2, 0) is 9.59 Å². The summed E-state index contributed by atoms with van der Waals surface area (Å²) in [6.45, 7) is 3.25. The molecule has 0 spiro atoms. The first kappa shape index (κ1) is 16.3. The Morgan fingerprint density at radius 3 is 2.95 bits per heavy atom. The first-order chi connectivity index (χ1) is 10.5. The van der Waals surface area contributed by atoms with Gasteiger partial charge in [-0.25, -0.2) is 0 Å². The number of hydrogen-bond donors (Lipinski definition) is 1. The van der Waals surface area contributed by atoms with E-state index in [9.17, 15) is 9.59 Å². The molecule has 1 N–H and O–H groups in total. The molecule has 0 radical (unpaired) electrons. The normalized spacial score (nSPS) is 17.4. The fraction of sp³-hybridized carbons (Fsp3) is 0.438. The Morgan fingerprint density at radius 1 is 1.55 bits per heavy atom. The number of anilines is 1. The highest BCUT2D eigenvalue weighted by molar-refractivity contribution is 6.32. The number of nitriles is 1. The van der Waals surface area contributed by atoms with Gasteiger partial charge >= 0.3 is 0 Å². The molecule has 0 aromatic heterocycles. The first-order valence-corrected chi connectivity index (χ1v) is 7.71. The molecule has 1 aliphatic rings. The van der Waals surface area contributed by atoms with Crippen molar-refractivity contribution in [2.24, 2.45) is 5.92 Å². The zero-order valence-corrected chi connectivity index (χ0v) is 13.2. The molecular weight excluding hydrogens is 302 g/mol. The SMILES string of the molecule is CCCCN1C[C@@H](C(=O)Nc2ccc(C#N)c(Cl)c2)CC1=O. The fourth-order valence-corrected chi connectivity index (χ4v) is 2.66. The number of nitrogens with zero attached hydrogens (tertiary/aromatic N) is 2. The van der Waals surface area contributed by atoms with Gasteiger partial charge in [-0.1, -0.05) is 24.9 Å². The van der Waals surface area contributed by atoms with Crippen LogP contribution in [0.2, 0.25) is 5.02 Å². The van der Waals surface area contributed by atoms with Crippen LogP contribution >= 0.6 is 11.6 Å². The minimum Gasteiger partial charge on any atom is -0.342 e. The quantitative estimate of drug-likeness (QED) is 0.907. The molecule has 0 aliphatic carbocycles. The van der Waals surface area contributed by atoms with Gasteiger partial charge in [0.1, 0.15) is 6.07 Å². The van der Waals surface area contributed by atoms with Crippen LogP contribution in [0.15, 0.2) is 18.2 Å². The number of halogens is 1. The van der Waals surface area contributed by atoms with Crippen LogP contribution in [0.25, 0.3) is 0 Å². The number of hydrogen-bond acceptors (Lipinski definition) is 3. The molecule has 1 atom stereocenters. The molecule has 116 valence electrons. The number of amides is 2. The van der Waals surface area contributed by atoms with Crippen molar-refractivity contribution in [3.05, 3.63) is 28.8 Å². The van der Waals surface area contributed by atoms with Gasteiger partial charge in [0.15, 0.2) is 0 Å². The minimum absolute atomic E-state index is 0.0338. The molecule has 0 unspecified atom stereocenters. The maximum atomic E-state index is 12.2. The Kier molecular flexibility index (Phi) is 5.40. The zero-order chi connectivity index (χ0) is 16.1. The van der Waals surface area contributed by atoms with Gasteiger partial charge in [-0.05, 0) is 24.6 Å². The molecule has 1 aromatic carbocycles. The number of nitrogens with one attached hydrogen (secondary N) is 1. The lowest BCUT2D eigenvalue weighted by molar-refractivity contribution is -0.128. The summed E-state index contributed by atoms with van der Waals surface area (Å²) in [6.07, 6.45) is 2.22. The van der Waals surface area contributed by atoms with Crippen molar-refractivity contribution < 1.29 is 9.59 Å². The number of unbranched alkanes of at least 4 members (excludes halogenated alkanes) is 1. The highest BCUT2D eigenvalue weighted by atomic mass is 35.5. The lowest BCUT2D eigenvalue weighted by Gasteiger charge is -2.16. The Morgan fingerprint density at radius 2 is 2.32 bits per heavy atom. The molecule has 1 saturated heterocycles. The van der Waals surface area contributed by atoms with Crippen LogP contribution in [0.4, 0.5) is 5.69 Å². The van der Waals surface area contributed by atoms with Gasteiger partial charge in [-0.15, -0.1) is 0 Å². The van der Waals surface area contributed by atoms with Gasteiger partial charge in [0.2, 0.25) is 11.8 Å². The van der Waals surface area contributed by atoms with Gasteiger partial charge in [-0.3, -0.25) is 9.59 Å². The molecule has 0 bridgehead atoms. The predicted octanol–water partition coefficient (Wildman–Crippen LogP) is 2.80. The lowest BCUT2D eigenvalue weighted by Crippen LogP contribution is -2.29. The van der Waals surface area contributed by atoms with E-state index in [-0.39, 0.29) is 24.2 Å². The van der Waals surface area contributed by atoms with E-state index in [1.807, 2.05) is 6.07 Å². The molecular formula is C16H18ClN3O2. The van der Waals surface area contributed by atoms with Crippen LogP contribution in [0.3, 0.4) is 0 Å². The van der Waals surface area contributed by atoms with E-state index in [1.165, 1.54) is 0 Å². The maximum Gasteiger partial charge on any atom is 0.229 e. The van der Waals surface area contributed by atoms with Crippen LogP contribution in [0, 0.1) is 17.2 Å². The summed E-state index contributed by atoms with van der Waals surface area (Å²) in [5.41, 5.74) is 0.898. The second kappa shape index (κ2) is 7.28. The summed E-state index contributed by atoms with van der Waals surface area (Å²) in [5.74, 6) is -0.488. The molecule has 1 heterocycles. The Hall–Kier alpha value is -2.06. The van der Waals surface area contributed by atoms with E-state index in [4.69, 9.17) is 16.9 Å². The van der Waals surface area contributed by atoms with Gasteiger partial charge in [0, 0.05) is 25.2 Å². The number of rotatable bonds is 5. The van der Waals surface area contributed by atoms with Crippen molar-refractivity contribution in [1.82, 2.24) is 4.90 Å². The number of carbonyl (C=O) groups excluding carboxylic acids is 2. The zero-order valence-electron chi connectivity index (χ0n) is 12.4. The second-order valence-electron chi connectivity index (χ2n) is 5.39. The van der Waals surface area contributed by atoms with E-state index in [0.29, 0.717) is 29.4 Å². The monoisotopic (exact) mass is 319 g/mol. The van der Waals surface area contributed by atoms with E-state index < -0.39 is 0 Å². The fourth-order valence-electron chi connectivity index (χ4n) is 2.44. The molecule has 5 nitrogen and oxygen atoms in total. The number of benzene rings is 1. The Bertz CT molecular complexity index is 624. The van der Waals surface area contributed by atoms with Crippen molar-refractivity contribution in [2.75, 3.05) is 18.4 Å². The van der Waals surface area contributed by atoms with Crippen molar-refractivity contribution in [2.45, 2.75) is 26.2 Å². The molecule has 2 rings (SSSR count). The van der Waals surface area contributed by atoms with Gasteiger partial charge in [-0.2, -0.15) is 5.26 Å². The van der Waals surface area contributed by atoms with Gasteiger partial charge in [0.25, 0.3) is 0 Å². The Labute approximate surface area is 134 Å². The van der Waals surface area contributed by atoms with Crippen LogP contribution in [0.5, 0.6) is 0 Å². The van der Waals surface area contributed by atoms with Crippen molar-refractivity contribution in [3.8, 4) is 6.07 Å². The maximum absolute atomic E-state index is 12.2. The van der Waals surface area contributed by atoms with E-state index in [0.717, 1.165) is 12.8 Å². The predicted molar refractivity (Wildman–Crippen MR) is 84.4 cm³/mol. The third-order valence-electron chi connectivity index (χ3n) is 3.72. The standard InChI is InChI=1S/C16H18ClN3O2/c1-2-3-6-20-10-12(7-15(20)21)16(22)19-13-5-4-11(9-18)14(17)8-13/h4-5,8,12H,2-3,6-7,10H2,1H3,(H,19,22)/t12-/m0/s1. The molecule has 1 aliphatic heterocycles. The molecule has 22 heavy (non-hydrogen) atoms. The van der Waals surface area contributed by atoms with Crippen molar-refractivity contribution >= 4 is 29.1 Å². The average molecular weight is 320 g/mol. The summed E-state index contributed by atoms with van der Waals surface area (Å²) in [7, 11) is 0. The third-order valence-corrected chi connectivity index (χ3v) is 4.04. The largest absolute Gasteiger partial charge is 0.342 e. The van der Waals surface area contributed by atoms with Crippen LogP contribution in [-0.4, -0.2) is 29.8 Å². The van der Waals surface area contributed by atoms with Gasteiger partial charge in [0.05, 0.1) is 16.5 Å². The highest BCUT2D eigenvalue weighted by Crippen LogP contribution is 2.23. The molecule has 1 aromatic rings. The average Bonchev–Trinajstić information content (AvgIpc) is 2.86. The van der Waals surface area contributed by atoms with E-state index >= 15 is 0 Å². The third kappa shape index (κ3) is 3.77. The molecule has 2 amide bonds. The van der Waals surface area contributed by atoms with Crippen molar-refractivity contribution in [1.29, 1.82) is 5.26 Å². The first-order valence-electron chi connectivity index (χ1n) is 7.33. The summed E-state index contributed by atoms with van der Waals surface area (Å²) in [4.78, 5) is 25.9. The minimum atomic E-state index is -0.334. The summed E-state index contributed by atoms with van der Waals surface area (Å²) < 4.78 is 0. The lowest BCUT2D eigenvalue weighted by atomic mass is 10.1. The molecule has 0 saturated carbocycles. The number of carbonyl (C=O) groups is 2. The summed E-state index contributed by atoms with van der Waals surface area (Å²) >= 11 is 5.94. The molecule has 6 heteroatoms. The topological polar surface area (TPSA) is 73.2 Å². The van der Waals surface area contributed by atoms with E-state index in [2.05, 4.69) is 12.2 Å². The number of likely N-dealkylation sites (tertiary alicyclic amines) is 1. The smallest absolute Gasteiger partial charge is 0.229 e. The van der Waals surface area contributed by atoms with Crippen molar-refractivity contribution in [3.63, 3.8) is 0 Å². The summed E-state index contributed by atoms with van der Waals surface area (Å²) in [5, 5.41) is 11.9. The van der Waals surface area contributed by atoms with Crippen LogP contribution in [0.1, 0.15) is 31.7 Å². The van der Waals surface area contributed by atoms with Crippen LogP contribution < -0.4 is 5.32 Å². The van der Waals surface area contributed by atoms with Gasteiger partial charge < -0.3 is 10.2 Å². The Balaban J connectivity index is 1.97. The van der Waals surface area contributed by atoms with E-state index in [1.54, 1.807) is 23.1 Å². The highest BCUT2D eigenvalue weighted by Gasteiger charge is 2.33.